The van der Waals surface area contributed by atoms with Crippen LogP contribution in [-0.4, -0.2) is 79.2 Å². The van der Waals surface area contributed by atoms with Gasteiger partial charge in [-0.1, -0.05) is 38.1 Å². The van der Waals surface area contributed by atoms with Crippen molar-refractivity contribution >= 4 is 28.8 Å². The summed E-state index contributed by atoms with van der Waals surface area (Å²) in [6.07, 6.45) is 2.35. The molecule has 4 heterocycles. The number of rotatable bonds is 10. The maximum atomic E-state index is 14.2. The third-order valence-corrected chi connectivity index (χ3v) is 8.47. The summed E-state index contributed by atoms with van der Waals surface area (Å²) in [5.41, 5.74) is -0.493. The van der Waals surface area contributed by atoms with Crippen LogP contribution in [-0.2, 0) is 25.8 Å². The molecule has 0 radical (unpaired) electrons. The molecule has 0 saturated carbocycles. The van der Waals surface area contributed by atoms with E-state index in [0.29, 0.717) is 31.3 Å². The Labute approximate surface area is 222 Å². The third kappa shape index (κ3) is 4.07. The molecule has 3 aliphatic heterocycles. The lowest BCUT2D eigenvalue weighted by molar-refractivity contribution is -0.150. The van der Waals surface area contributed by atoms with Gasteiger partial charge in [-0.15, -0.1) is 5.10 Å². The zero-order chi connectivity index (χ0) is 27.2. The van der Waals surface area contributed by atoms with Gasteiger partial charge in [-0.25, -0.2) is 4.68 Å². The van der Waals surface area contributed by atoms with Crippen molar-refractivity contribution in [3.8, 4) is 0 Å². The lowest BCUT2D eigenvalue weighted by Gasteiger charge is -2.37. The summed E-state index contributed by atoms with van der Waals surface area (Å²) in [6.45, 7) is 8.15. The van der Waals surface area contributed by atoms with Crippen molar-refractivity contribution in [3.05, 3.63) is 24.3 Å². The zero-order valence-electron chi connectivity index (χ0n) is 22.5. The first-order valence-corrected chi connectivity index (χ1v) is 13.6. The molecule has 3 saturated heterocycles. The summed E-state index contributed by atoms with van der Waals surface area (Å²) in [5.74, 6) is -2.21. The Morgan fingerprint density at radius 2 is 1.97 bits per heavy atom. The van der Waals surface area contributed by atoms with Crippen molar-refractivity contribution in [2.24, 2.45) is 17.8 Å². The number of carbonyl (C=O) groups is 3. The highest BCUT2D eigenvalue weighted by Gasteiger charge is 2.78. The molecule has 38 heavy (non-hydrogen) atoms. The maximum absolute atomic E-state index is 14.2. The fourth-order valence-electron chi connectivity index (χ4n) is 6.92. The van der Waals surface area contributed by atoms with E-state index < -0.39 is 35.1 Å². The quantitative estimate of drug-likeness (QED) is 0.423. The first-order chi connectivity index (χ1) is 18.2. The van der Waals surface area contributed by atoms with Gasteiger partial charge in [0.2, 0.25) is 17.7 Å². The van der Waals surface area contributed by atoms with Crippen LogP contribution >= 0.6 is 0 Å². The van der Waals surface area contributed by atoms with Gasteiger partial charge in [-0.2, -0.15) is 0 Å². The second-order valence-corrected chi connectivity index (χ2v) is 11.5. The van der Waals surface area contributed by atoms with Gasteiger partial charge in [0.05, 0.1) is 35.6 Å². The summed E-state index contributed by atoms with van der Waals surface area (Å²) in [7, 11) is 0. The Morgan fingerprint density at radius 3 is 2.68 bits per heavy atom. The number of aliphatic hydroxyl groups excluding tert-OH is 1. The molecule has 206 valence electrons. The Bertz CT molecular complexity index is 1230. The lowest BCUT2D eigenvalue weighted by atomic mass is 9.66. The number of ether oxygens (including phenoxy) is 1. The Hall–Kier alpha value is -3.05. The van der Waals surface area contributed by atoms with Crippen LogP contribution in [0.3, 0.4) is 0 Å². The third-order valence-electron chi connectivity index (χ3n) is 8.47. The minimum atomic E-state index is -1.14. The van der Waals surface area contributed by atoms with Gasteiger partial charge in [-0.3, -0.25) is 14.4 Å². The average Bonchev–Trinajstić information content (AvgIpc) is 3.59. The number of nitrogens with zero attached hydrogens (tertiary/aromatic N) is 4. The van der Waals surface area contributed by atoms with Crippen molar-refractivity contribution in [1.82, 2.24) is 30.5 Å². The minimum Gasteiger partial charge on any atom is -0.394 e. The number of amides is 3. The lowest BCUT2D eigenvalue weighted by Crippen LogP contribution is -2.58. The van der Waals surface area contributed by atoms with E-state index in [-0.39, 0.29) is 36.9 Å². The molecule has 2 aromatic rings. The molecule has 3 amide bonds. The Morgan fingerprint density at radius 1 is 1.21 bits per heavy atom. The average molecular weight is 527 g/mol. The van der Waals surface area contributed by atoms with E-state index in [9.17, 15) is 19.5 Å². The van der Waals surface area contributed by atoms with E-state index in [4.69, 9.17) is 4.74 Å². The first kappa shape index (κ1) is 26.6. The second-order valence-electron chi connectivity index (χ2n) is 11.5. The fraction of sp³-hybridized carbons (Fsp3) is 0.667. The molecule has 1 aromatic heterocycles. The highest BCUT2D eigenvalue weighted by Crippen LogP contribution is 2.63. The second kappa shape index (κ2) is 9.92. The van der Waals surface area contributed by atoms with Crippen LogP contribution in [0.15, 0.2) is 24.3 Å². The molecule has 3 N–H and O–H groups in total. The molecular weight excluding hydrogens is 488 g/mol. The number of hydrogen-bond donors (Lipinski definition) is 3. The maximum Gasteiger partial charge on any atom is 0.247 e. The van der Waals surface area contributed by atoms with Crippen LogP contribution in [0, 0.1) is 17.8 Å². The van der Waals surface area contributed by atoms with Crippen LogP contribution in [0.2, 0.25) is 0 Å². The summed E-state index contributed by atoms with van der Waals surface area (Å²) < 4.78 is 8.22. The number of nitrogens with one attached hydrogen (secondary N) is 2. The summed E-state index contributed by atoms with van der Waals surface area (Å²) in [6, 6.07) is 5.91. The number of aliphatic hydroxyl groups is 1. The van der Waals surface area contributed by atoms with E-state index in [0.717, 1.165) is 11.9 Å². The Kier molecular flexibility index (Phi) is 6.93. The Balaban J connectivity index is 1.49. The number of aromatic nitrogens is 3. The van der Waals surface area contributed by atoms with Crippen molar-refractivity contribution in [2.45, 2.75) is 83.3 Å². The summed E-state index contributed by atoms with van der Waals surface area (Å²) >= 11 is 0. The normalized spacial score (nSPS) is 30.7. The summed E-state index contributed by atoms with van der Waals surface area (Å²) in [4.78, 5) is 43.0. The highest BCUT2D eigenvalue weighted by atomic mass is 16.5. The molecule has 3 fully saturated rings. The largest absolute Gasteiger partial charge is 0.394 e. The number of benzene rings is 1. The topological polar surface area (TPSA) is 139 Å². The van der Waals surface area contributed by atoms with Crippen molar-refractivity contribution in [1.29, 1.82) is 0 Å². The van der Waals surface area contributed by atoms with Crippen LogP contribution in [0.1, 0.15) is 53.4 Å². The molecule has 1 spiro atoms. The molecule has 5 rings (SSSR count). The van der Waals surface area contributed by atoms with Gasteiger partial charge < -0.3 is 25.4 Å². The number of fused-ring (bicyclic) bond motifs is 2. The van der Waals surface area contributed by atoms with Crippen molar-refractivity contribution < 1.29 is 24.2 Å². The van der Waals surface area contributed by atoms with E-state index >= 15 is 0 Å². The predicted octanol–water partition coefficient (Wildman–Crippen LogP) is 1.20. The van der Waals surface area contributed by atoms with E-state index in [1.807, 2.05) is 52.0 Å². The molecule has 2 bridgehead atoms. The molecule has 6 atom stereocenters. The zero-order valence-corrected chi connectivity index (χ0v) is 22.5. The highest BCUT2D eigenvalue weighted by molar-refractivity contribution is 5.99. The molecule has 11 heteroatoms. The predicted molar refractivity (Wildman–Crippen MR) is 138 cm³/mol. The molecule has 0 aliphatic carbocycles. The van der Waals surface area contributed by atoms with Gasteiger partial charge >= 0.3 is 0 Å². The summed E-state index contributed by atoms with van der Waals surface area (Å²) in [5, 5.41) is 24.6. The van der Waals surface area contributed by atoms with E-state index in [2.05, 4.69) is 20.9 Å². The van der Waals surface area contributed by atoms with Crippen LogP contribution in [0.25, 0.3) is 11.0 Å². The molecule has 1 aromatic carbocycles. The smallest absolute Gasteiger partial charge is 0.247 e. The van der Waals surface area contributed by atoms with Crippen LogP contribution in [0.5, 0.6) is 0 Å². The van der Waals surface area contributed by atoms with Crippen molar-refractivity contribution in [3.63, 3.8) is 0 Å². The minimum absolute atomic E-state index is 0.0598. The van der Waals surface area contributed by atoms with Gasteiger partial charge in [-0.05, 0) is 50.7 Å². The molecule has 3 aliphatic rings. The first-order valence-electron chi connectivity index (χ1n) is 13.6. The van der Waals surface area contributed by atoms with Gasteiger partial charge in [0.15, 0.2) is 0 Å². The SMILES string of the molecule is CCCNC(=O)[C@@H]1[C@H]2C(=O)N([C@@H](CO)CC(C)C)C(C(=O)NCn3nnc4ccccc43)C23CC[C@@]1(C)O3. The van der Waals surface area contributed by atoms with Gasteiger partial charge in [0.25, 0.3) is 0 Å². The molecule has 2 unspecified atom stereocenters. The standard InChI is InChI=1S/C27H38N6O5/c1-5-12-28-23(35)20-21-25(37)33(17(14-34)13-16(2)3)22(27(21)11-10-26(20,4)38-27)24(36)29-15-32-19-9-7-6-8-18(19)30-31-32/h6-9,16-17,20-22,34H,5,10-15H2,1-4H3,(H,28,35)(H,29,36)/t17-,20+,21+,22?,26-,27?/m1/s1. The number of hydrogen-bond acceptors (Lipinski definition) is 7. The number of carbonyl (C=O) groups excluding carboxylic acids is 3. The molecule has 11 nitrogen and oxygen atoms in total. The monoisotopic (exact) mass is 526 g/mol. The number of para-hydroxylation sites is 1. The van der Waals surface area contributed by atoms with E-state index in [1.165, 1.54) is 4.90 Å². The van der Waals surface area contributed by atoms with Crippen LogP contribution < -0.4 is 10.6 Å². The van der Waals surface area contributed by atoms with E-state index in [1.54, 1.807) is 4.68 Å². The fourth-order valence-corrected chi connectivity index (χ4v) is 6.92. The van der Waals surface area contributed by atoms with Crippen molar-refractivity contribution in [2.75, 3.05) is 13.2 Å². The molecular formula is C27H38N6O5. The van der Waals surface area contributed by atoms with Crippen LogP contribution in [0.4, 0.5) is 0 Å². The van der Waals surface area contributed by atoms with Gasteiger partial charge in [0.1, 0.15) is 23.8 Å². The number of likely N-dealkylation sites (tertiary alicyclic amines) is 1. The van der Waals surface area contributed by atoms with Gasteiger partial charge in [0, 0.05) is 6.54 Å².